The minimum absolute atomic E-state index is 0.196. The average Bonchev–Trinajstić information content (AvgIpc) is 2.61. The molecule has 0 amide bonds. The number of aliphatic hydroxyl groups is 6. The maximum atomic E-state index is 10.4. The molecule has 148 valence electrons. The summed E-state index contributed by atoms with van der Waals surface area (Å²) in [4.78, 5) is 0. The standard InChI is InChI=1S/C13H26N2O9S/c14-3-25-13-6(15)8(19)11(5(2-17)23-13)24-12-10(21)9(20)7(18)4(1-16)22-12/h4-13,16-21H,1-3,14-15H2. The smallest absolute Gasteiger partial charge is 0.187 e. The van der Waals surface area contributed by atoms with Gasteiger partial charge in [0.1, 0.15) is 48.2 Å². The lowest BCUT2D eigenvalue weighted by molar-refractivity contribution is -0.332. The van der Waals surface area contributed by atoms with Gasteiger partial charge in [0.25, 0.3) is 0 Å². The Balaban J connectivity index is 2.11. The van der Waals surface area contributed by atoms with Crippen molar-refractivity contribution in [2.24, 2.45) is 11.5 Å². The quantitative estimate of drug-likeness (QED) is 0.203. The predicted molar refractivity (Wildman–Crippen MR) is 85.0 cm³/mol. The Morgan fingerprint density at radius 3 is 2.08 bits per heavy atom. The molecule has 2 fully saturated rings. The van der Waals surface area contributed by atoms with Gasteiger partial charge in [0, 0.05) is 5.88 Å². The average molecular weight is 386 g/mol. The molecular formula is C13H26N2O9S. The molecule has 11 nitrogen and oxygen atoms in total. The van der Waals surface area contributed by atoms with Crippen LogP contribution in [0.3, 0.4) is 0 Å². The lowest BCUT2D eigenvalue weighted by Gasteiger charge is -2.46. The number of rotatable bonds is 6. The fraction of sp³-hybridized carbons (Fsp3) is 1.00. The van der Waals surface area contributed by atoms with Crippen molar-refractivity contribution in [2.75, 3.05) is 19.1 Å². The molecule has 0 aromatic rings. The van der Waals surface area contributed by atoms with E-state index in [-0.39, 0.29) is 5.88 Å². The Hall–Kier alpha value is -0.0900. The van der Waals surface area contributed by atoms with Crippen LogP contribution < -0.4 is 11.5 Å². The fourth-order valence-electron chi connectivity index (χ4n) is 2.84. The largest absolute Gasteiger partial charge is 0.394 e. The summed E-state index contributed by atoms with van der Waals surface area (Å²) in [5.74, 6) is 0.196. The second kappa shape index (κ2) is 9.21. The van der Waals surface area contributed by atoms with Crippen molar-refractivity contribution in [3.05, 3.63) is 0 Å². The van der Waals surface area contributed by atoms with Crippen molar-refractivity contribution in [3.8, 4) is 0 Å². The summed E-state index contributed by atoms with van der Waals surface area (Å²) >= 11 is 1.15. The van der Waals surface area contributed by atoms with Gasteiger partial charge in [0.2, 0.25) is 0 Å². The van der Waals surface area contributed by atoms with Gasteiger partial charge in [-0.1, -0.05) is 0 Å². The van der Waals surface area contributed by atoms with Gasteiger partial charge < -0.3 is 56.3 Å². The van der Waals surface area contributed by atoms with Crippen LogP contribution in [0.2, 0.25) is 0 Å². The second-order valence-electron chi connectivity index (χ2n) is 5.92. The normalized spacial score (nSPS) is 48.5. The Morgan fingerprint density at radius 1 is 0.880 bits per heavy atom. The molecule has 10 N–H and O–H groups in total. The molecule has 2 aliphatic rings. The summed E-state index contributed by atoms with van der Waals surface area (Å²) in [5.41, 5.74) is 10.7. The summed E-state index contributed by atoms with van der Waals surface area (Å²) in [6.07, 6.45) is -10.9. The number of nitrogens with two attached hydrogens (primary N) is 2. The number of aliphatic hydroxyl groups excluding tert-OH is 6. The first-order valence-electron chi connectivity index (χ1n) is 7.83. The lowest BCUT2D eigenvalue weighted by Crippen LogP contribution is -2.65. The maximum absolute atomic E-state index is 10.4. The van der Waals surface area contributed by atoms with Crippen molar-refractivity contribution >= 4 is 11.8 Å². The number of hydrogen-bond donors (Lipinski definition) is 8. The summed E-state index contributed by atoms with van der Waals surface area (Å²) < 4.78 is 16.3. The van der Waals surface area contributed by atoms with Crippen molar-refractivity contribution in [1.82, 2.24) is 0 Å². The molecule has 12 heteroatoms. The molecule has 0 saturated carbocycles. The first-order valence-corrected chi connectivity index (χ1v) is 8.88. The van der Waals surface area contributed by atoms with Crippen LogP contribution in [-0.2, 0) is 14.2 Å². The van der Waals surface area contributed by atoms with E-state index in [1.54, 1.807) is 0 Å². The topological polar surface area (TPSA) is 201 Å². The van der Waals surface area contributed by atoms with Crippen molar-refractivity contribution in [2.45, 2.75) is 60.5 Å². The molecular weight excluding hydrogens is 360 g/mol. The van der Waals surface area contributed by atoms with Crippen molar-refractivity contribution in [1.29, 1.82) is 0 Å². The first-order chi connectivity index (χ1) is 11.8. The minimum atomic E-state index is -1.64. The van der Waals surface area contributed by atoms with Crippen molar-refractivity contribution in [3.63, 3.8) is 0 Å². The molecule has 0 aliphatic carbocycles. The molecule has 0 aromatic carbocycles. The summed E-state index contributed by atoms with van der Waals surface area (Å²) in [6, 6.07) is -0.883. The molecule has 2 rings (SSSR count). The molecule has 0 spiro atoms. The Kier molecular flexibility index (Phi) is 7.82. The van der Waals surface area contributed by atoms with Crippen LogP contribution in [0.4, 0.5) is 0 Å². The zero-order valence-corrected chi connectivity index (χ0v) is 14.2. The van der Waals surface area contributed by atoms with Crippen LogP contribution in [0.1, 0.15) is 0 Å². The molecule has 2 heterocycles. The van der Waals surface area contributed by atoms with Gasteiger partial charge >= 0.3 is 0 Å². The third-order valence-electron chi connectivity index (χ3n) is 4.30. The highest BCUT2D eigenvalue weighted by Crippen LogP contribution is 2.31. The van der Waals surface area contributed by atoms with Crippen LogP contribution in [-0.4, -0.2) is 110 Å². The molecule has 2 aliphatic heterocycles. The number of hydrogen-bond acceptors (Lipinski definition) is 12. The van der Waals surface area contributed by atoms with E-state index in [2.05, 4.69) is 0 Å². The van der Waals surface area contributed by atoms with E-state index >= 15 is 0 Å². The van der Waals surface area contributed by atoms with E-state index < -0.39 is 73.7 Å². The molecule has 10 atom stereocenters. The highest BCUT2D eigenvalue weighted by atomic mass is 32.2. The van der Waals surface area contributed by atoms with Crippen LogP contribution in [0.15, 0.2) is 0 Å². The van der Waals surface area contributed by atoms with Crippen LogP contribution >= 0.6 is 11.8 Å². The van der Waals surface area contributed by atoms with Gasteiger partial charge in [-0.25, -0.2) is 0 Å². The zero-order chi connectivity index (χ0) is 18.7. The van der Waals surface area contributed by atoms with E-state index in [4.69, 9.17) is 25.7 Å². The maximum Gasteiger partial charge on any atom is 0.187 e. The van der Waals surface area contributed by atoms with E-state index in [0.29, 0.717) is 0 Å². The highest BCUT2D eigenvalue weighted by molar-refractivity contribution is 7.99. The fourth-order valence-corrected chi connectivity index (χ4v) is 3.63. The lowest BCUT2D eigenvalue weighted by atomic mass is 9.97. The molecule has 25 heavy (non-hydrogen) atoms. The Bertz CT molecular complexity index is 419. The summed E-state index contributed by atoms with van der Waals surface area (Å²) in [6.45, 7) is -1.12. The Labute approximate surface area is 148 Å². The van der Waals surface area contributed by atoms with Gasteiger partial charge in [-0.2, -0.15) is 0 Å². The molecule has 10 unspecified atom stereocenters. The van der Waals surface area contributed by atoms with Gasteiger partial charge in [-0.15, -0.1) is 11.8 Å². The molecule has 0 radical (unpaired) electrons. The Morgan fingerprint density at radius 2 is 1.52 bits per heavy atom. The molecule has 0 bridgehead atoms. The van der Waals surface area contributed by atoms with Crippen LogP contribution in [0.25, 0.3) is 0 Å². The van der Waals surface area contributed by atoms with E-state index in [0.717, 1.165) is 11.8 Å². The minimum Gasteiger partial charge on any atom is -0.394 e. The van der Waals surface area contributed by atoms with Gasteiger partial charge in [-0.3, -0.25) is 0 Å². The monoisotopic (exact) mass is 386 g/mol. The molecule has 0 aromatic heterocycles. The predicted octanol–water partition coefficient (Wildman–Crippen LogP) is -4.77. The number of ether oxygens (including phenoxy) is 3. The SMILES string of the molecule is NCSC1OC(CO)C(OC2OC(CO)C(O)C(O)C2O)C(O)C1N. The van der Waals surface area contributed by atoms with Crippen molar-refractivity contribution < 1.29 is 44.8 Å². The van der Waals surface area contributed by atoms with E-state index in [9.17, 15) is 30.6 Å². The van der Waals surface area contributed by atoms with Gasteiger partial charge in [0.05, 0.1) is 19.3 Å². The summed E-state index contributed by atoms with van der Waals surface area (Å²) in [7, 11) is 0. The van der Waals surface area contributed by atoms with Gasteiger partial charge in [0.15, 0.2) is 6.29 Å². The molecule has 2 saturated heterocycles. The first kappa shape index (κ1) is 21.2. The van der Waals surface area contributed by atoms with E-state index in [1.165, 1.54) is 0 Å². The third kappa shape index (κ3) is 4.43. The summed E-state index contributed by atoms with van der Waals surface area (Å²) in [5, 5.41) is 58.7. The van der Waals surface area contributed by atoms with Gasteiger partial charge in [-0.05, 0) is 0 Å². The number of thioether (sulfide) groups is 1. The van der Waals surface area contributed by atoms with Crippen LogP contribution in [0, 0.1) is 0 Å². The van der Waals surface area contributed by atoms with Crippen LogP contribution in [0.5, 0.6) is 0 Å². The zero-order valence-electron chi connectivity index (χ0n) is 13.4. The second-order valence-corrected chi connectivity index (χ2v) is 7.06. The third-order valence-corrected chi connectivity index (χ3v) is 5.25. The highest BCUT2D eigenvalue weighted by Gasteiger charge is 2.49. The van der Waals surface area contributed by atoms with E-state index in [1.807, 2.05) is 0 Å².